The molecule has 0 aliphatic rings. The number of benzene rings is 1. The predicted octanol–water partition coefficient (Wildman–Crippen LogP) is 2.58. The summed E-state index contributed by atoms with van der Waals surface area (Å²) in [5.74, 6) is 0.918. The molecule has 2 heteroatoms. The molecule has 0 aliphatic carbocycles. The molecule has 0 N–H and O–H groups in total. The normalized spacial score (nSPS) is 10.3. The van der Waals surface area contributed by atoms with Crippen molar-refractivity contribution in [1.82, 2.24) is 5.32 Å². The third-order valence-corrected chi connectivity index (χ3v) is 1.98. The maximum absolute atomic E-state index is 5.18. The summed E-state index contributed by atoms with van der Waals surface area (Å²) in [5.41, 5.74) is 1.24. The number of nitrogens with zero attached hydrogens (tertiary/aromatic N) is 1. The second-order valence-electron chi connectivity index (χ2n) is 3.10. The van der Waals surface area contributed by atoms with Gasteiger partial charge in [-0.1, -0.05) is 30.3 Å². The van der Waals surface area contributed by atoms with Gasteiger partial charge in [0.25, 0.3) is 0 Å². The summed E-state index contributed by atoms with van der Waals surface area (Å²) in [5, 5.41) is 4.39. The minimum absolute atomic E-state index is 0.655. The topological polar surface area (TPSA) is 27.2 Å². The van der Waals surface area contributed by atoms with E-state index in [1.54, 1.807) is 6.26 Å². The molecule has 0 aliphatic heterocycles. The van der Waals surface area contributed by atoms with Crippen LogP contribution in [0.15, 0.2) is 53.1 Å². The summed E-state index contributed by atoms with van der Waals surface area (Å²) >= 11 is 0. The molecule has 0 saturated heterocycles. The fourth-order valence-corrected chi connectivity index (χ4v) is 1.28. The zero-order valence-electron chi connectivity index (χ0n) is 7.89. The Balaban J connectivity index is 1.79. The predicted molar refractivity (Wildman–Crippen MR) is 54.7 cm³/mol. The van der Waals surface area contributed by atoms with Crippen LogP contribution in [-0.4, -0.2) is 0 Å². The van der Waals surface area contributed by atoms with Crippen molar-refractivity contribution < 1.29 is 4.42 Å². The molecule has 0 spiro atoms. The van der Waals surface area contributed by atoms with Crippen molar-refractivity contribution in [3.8, 4) is 0 Å². The van der Waals surface area contributed by atoms with Gasteiger partial charge in [0.15, 0.2) is 0 Å². The molecule has 0 atom stereocenters. The highest BCUT2D eigenvalue weighted by molar-refractivity contribution is 5.14. The number of furan rings is 1. The van der Waals surface area contributed by atoms with E-state index in [1.807, 2.05) is 30.3 Å². The summed E-state index contributed by atoms with van der Waals surface area (Å²) in [4.78, 5) is 0. The zero-order valence-corrected chi connectivity index (χ0v) is 7.89. The van der Waals surface area contributed by atoms with Gasteiger partial charge in [-0.05, 0) is 17.7 Å². The molecule has 71 valence electrons. The number of rotatable bonds is 4. The Morgan fingerprint density at radius 3 is 2.50 bits per heavy atom. The van der Waals surface area contributed by atoms with E-state index in [-0.39, 0.29) is 0 Å². The molecule has 1 aromatic carbocycles. The Hall–Kier alpha value is -1.54. The maximum atomic E-state index is 5.18. The van der Waals surface area contributed by atoms with Gasteiger partial charge in [-0.15, -0.1) is 0 Å². The van der Waals surface area contributed by atoms with Gasteiger partial charge < -0.3 is 4.42 Å². The van der Waals surface area contributed by atoms with Crippen LogP contribution in [-0.2, 0) is 13.1 Å². The average molecular weight is 186 g/mol. The lowest BCUT2D eigenvalue weighted by Gasteiger charge is -1.99. The molecule has 0 amide bonds. The van der Waals surface area contributed by atoms with E-state index in [0.29, 0.717) is 6.54 Å². The molecule has 2 rings (SSSR count). The van der Waals surface area contributed by atoms with Gasteiger partial charge in [0.2, 0.25) is 0 Å². The van der Waals surface area contributed by atoms with Gasteiger partial charge >= 0.3 is 0 Å². The fourth-order valence-electron chi connectivity index (χ4n) is 1.28. The highest BCUT2D eigenvalue weighted by Gasteiger charge is 1.96. The van der Waals surface area contributed by atoms with Crippen LogP contribution in [0, 0.1) is 0 Å². The maximum Gasteiger partial charge on any atom is 0.119 e. The highest BCUT2D eigenvalue weighted by atomic mass is 16.3. The molecule has 2 aromatic rings. The number of hydrogen-bond donors (Lipinski definition) is 0. The monoisotopic (exact) mass is 186 g/mol. The largest absolute Gasteiger partial charge is 0.468 e. The van der Waals surface area contributed by atoms with E-state index < -0.39 is 0 Å². The first-order valence-corrected chi connectivity index (χ1v) is 4.65. The first-order valence-electron chi connectivity index (χ1n) is 4.65. The molecule has 0 bridgehead atoms. The molecule has 1 radical (unpaired) electrons. The van der Waals surface area contributed by atoms with Gasteiger partial charge in [0.05, 0.1) is 12.8 Å². The Bertz CT molecular complexity index is 353. The van der Waals surface area contributed by atoms with E-state index in [2.05, 4.69) is 17.4 Å². The van der Waals surface area contributed by atoms with Crippen molar-refractivity contribution in [3.63, 3.8) is 0 Å². The molecule has 0 saturated carbocycles. The summed E-state index contributed by atoms with van der Waals surface area (Å²) in [6, 6.07) is 14.0. The SMILES string of the molecule is c1ccc(C[N]Cc2ccco2)cc1. The summed E-state index contributed by atoms with van der Waals surface area (Å²) in [6.45, 7) is 1.41. The minimum atomic E-state index is 0.655. The lowest BCUT2D eigenvalue weighted by Crippen LogP contribution is -2.03. The van der Waals surface area contributed by atoms with E-state index in [1.165, 1.54) is 5.56 Å². The van der Waals surface area contributed by atoms with E-state index in [0.717, 1.165) is 12.3 Å². The molecular weight excluding hydrogens is 174 g/mol. The molecule has 0 unspecified atom stereocenters. The lowest BCUT2D eigenvalue weighted by molar-refractivity contribution is 0.479. The third-order valence-electron chi connectivity index (χ3n) is 1.98. The Labute approximate surface area is 83.6 Å². The van der Waals surface area contributed by atoms with E-state index >= 15 is 0 Å². The number of hydrogen-bond acceptors (Lipinski definition) is 1. The van der Waals surface area contributed by atoms with Crippen molar-refractivity contribution in [2.24, 2.45) is 0 Å². The lowest BCUT2D eigenvalue weighted by atomic mass is 10.2. The Kier molecular flexibility index (Phi) is 2.99. The van der Waals surface area contributed by atoms with E-state index in [9.17, 15) is 0 Å². The fraction of sp³-hybridized carbons (Fsp3) is 0.167. The van der Waals surface area contributed by atoms with Crippen LogP contribution in [0.25, 0.3) is 0 Å². The van der Waals surface area contributed by atoms with Crippen LogP contribution >= 0.6 is 0 Å². The molecule has 2 nitrogen and oxygen atoms in total. The standard InChI is InChI=1S/C12H12NO/c1-2-5-11(6-3-1)9-13-10-12-7-4-8-14-12/h1-8H,9-10H2. The van der Waals surface area contributed by atoms with Gasteiger partial charge in [0.1, 0.15) is 5.76 Å². The summed E-state index contributed by atoms with van der Waals surface area (Å²) in [6.07, 6.45) is 1.67. The van der Waals surface area contributed by atoms with Crippen LogP contribution in [0.1, 0.15) is 11.3 Å². The second-order valence-corrected chi connectivity index (χ2v) is 3.10. The third kappa shape index (κ3) is 2.47. The molecular formula is C12H12NO. The zero-order chi connectivity index (χ0) is 9.64. The van der Waals surface area contributed by atoms with Crippen molar-refractivity contribution >= 4 is 0 Å². The quantitative estimate of drug-likeness (QED) is 0.721. The molecule has 1 aromatic heterocycles. The minimum Gasteiger partial charge on any atom is -0.468 e. The van der Waals surface area contributed by atoms with Gasteiger partial charge in [0, 0.05) is 6.54 Å². The average Bonchev–Trinajstić information content (AvgIpc) is 2.72. The Morgan fingerprint density at radius 1 is 0.929 bits per heavy atom. The van der Waals surface area contributed by atoms with Gasteiger partial charge in [-0.3, -0.25) is 0 Å². The van der Waals surface area contributed by atoms with Crippen LogP contribution in [0.4, 0.5) is 0 Å². The second kappa shape index (κ2) is 4.63. The van der Waals surface area contributed by atoms with Crippen LogP contribution < -0.4 is 5.32 Å². The van der Waals surface area contributed by atoms with Crippen LogP contribution in [0.2, 0.25) is 0 Å². The summed E-state index contributed by atoms with van der Waals surface area (Å²) in [7, 11) is 0. The molecule has 14 heavy (non-hydrogen) atoms. The van der Waals surface area contributed by atoms with Crippen molar-refractivity contribution in [2.75, 3.05) is 0 Å². The highest BCUT2D eigenvalue weighted by Crippen LogP contribution is 2.02. The van der Waals surface area contributed by atoms with Gasteiger partial charge in [-0.2, -0.15) is 0 Å². The van der Waals surface area contributed by atoms with Crippen LogP contribution in [0.5, 0.6) is 0 Å². The Morgan fingerprint density at radius 2 is 1.79 bits per heavy atom. The van der Waals surface area contributed by atoms with E-state index in [4.69, 9.17) is 4.42 Å². The first kappa shape index (κ1) is 9.03. The first-order chi connectivity index (χ1) is 6.95. The summed E-state index contributed by atoms with van der Waals surface area (Å²) < 4.78 is 5.18. The van der Waals surface area contributed by atoms with Crippen LogP contribution in [0.3, 0.4) is 0 Å². The van der Waals surface area contributed by atoms with Crippen molar-refractivity contribution in [1.29, 1.82) is 0 Å². The van der Waals surface area contributed by atoms with Crippen molar-refractivity contribution in [3.05, 3.63) is 60.1 Å². The smallest absolute Gasteiger partial charge is 0.119 e. The van der Waals surface area contributed by atoms with Gasteiger partial charge in [-0.25, -0.2) is 5.32 Å². The molecule has 1 heterocycles. The van der Waals surface area contributed by atoms with Crippen molar-refractivity contribution in [2.45, 2.75) is 13.1 Å². The molecule has 0 fully saturated rings.